The number of aromatic nitrogens is 2. The molecule has 0 bridgehead atoms. The summed E-state index contributed by atoms with van der Waals surface area (Å²) in [5.74, 6) is 1.04. The van der Waals surface area contributed by atoms with Crippen molar-refractivity contribution in [3.05, 3.63) is 42.4 Å². The zero-order valence-electron chi connectivity index (χ0n) is 16.1. The Bertz CT molecular complexity index is 816. The molecule has 0 saturated carbocycles. The highest BCUT2D eigenvalue weighted by Gasteiger charge is 2.29. The molecule has 2 aliphatic heterocycles. The van der Waals surface area contributed by atoms with Crippen LogP contribution in [0.15, 0.2) is 36.5 Å². The van der Waals surface area contributed by atoms with Crippen LogP contribution in [0.1, 0.15) is 25.1 Å². The van der Waals surface area contributed by atoms with Gasteiger partial charge in [0.1, 0.15) is 5.82 Å². The van der Waals surface area contributed by atoms with Crippen molar-refractivity contribution in [3.63, 3.8) is 0 Å². The van der Waals surface area contributed by atoms with Crippen molar-refractivity contribution in [2.24, 2.45) is 0 Å². The number of amides is 1. The second-order valence-electron chi connectivity index (χ2n) is 7.64. The first-order valence-corrected chi connectivity index (χ1v) is 9.73. The molecule has 3 heterocycles. The first-order chi connectivity index (χ1) is 13.1. The number of benzene rings is 1. The maximum absolute atomic E-state index is 11.7. The van der Waals surface area contributed by atoms with Gasteiger partial charge in [0.15, 0.2) is 0 Å². The third-order valence-corrected chi connectivity index (χ3v) is 5.59. The summed E-state index contributed by atoms with van der Waals surface area (Å²) < 4.78 is 0. The van der Waals surface area contributed by atoms with E-state index in [1.807, 2.05) is 31.1 Å². The zero-order chi connectivity index (χ0) is 18.8. The Morgan fingerprint density at radius 1 is 1.15 bits per heavy atom. The minimum atomic E-state index is 0.252. The van der Waals surface area contributed by atoms with Crippen LogP contribution < -0.4 is 10.2 Å². The van der Waals surface area contributed by atoms with Crippen molar-refractivity contribution < 1.29 is 4.79 Å². The van der Waals surface area contributed by atoms with E-state index in [0.717, 1.165) is 49.6 Å². The lowest BCUT2D eigenvalue weighted by Crippen LogP contribution is -2.47. The third kappa shape index (κ3) is 4.11. The number of nitrogens with zero attached hydrogens (tertiary/aromatic N) is 4. The number of hydrogen-bond donors (Lipinski definition) is 1. The lowest BCUT2D eigenvalue weighted by Gasteiger charge is -2.35. The Labute approximate surface area is 160 Å². The Morgan fingerprint density at radius 2 is 1.96 bits per heavy atom. The Morgan fingerprint density at radius 3 is 2.67 bits per heavy atom. The molecule has 1 N–H and O–H groups in total. The fourth-order valence-electron chi connectivity index (χ4n) is 4.09. The second-order valence-corrected chi connectivity index (χ2v) is 7.64. The molecular weight excluding hydrogens is 338 g/mol. The summed E-state index contributed by atoms with van der Waals surface area (Å²) in [6.07, 6.45) is 4.65. The average Bonchev–Trinajstić information content (AvgIpc) is 2.99. The van der Waals surface area contributed by atoms with Crippen LogP contribution in [0.5, 0.6) is 0 Å². The van der Waals surface area contributed by atoms with Crippen LogP contribution in [-0.2, 0) is 4.79 Å². The topological polar surface area (TPSA) is 61.4 Å². The monoisotopic (exact) mass is 365 g/mol. The molecule has 2 aliphatic rings. The van der Waals surface area contributed by atoms with E-state index in [9.17, 15) is 4.79 Å². The van der Waals surface area contributed by atoms with Gasteiger partial charge in [-0.25, -0.2) is 9.97 Å². The lowest BCUT2D eigenvalue weighted by molar-refractivity contribution is -0.126. The van der Waals surface area contributed by atoms with Gasteiger partial charge >= 0.3 is 0 Å². The van der Waals surface area contributed by atoms with Crippen LogP contribution in [0.4, 0.5) is 5.69 Å². The van der Waals surface area contributed by atoms with E-state index in [1.165, 1.54) is 5.69 Å². The number of hydrogen-bond acceptors (Lipinski definition) is 5. The van der Waals surface area contributed by atoms with Crippen molar-refractivity contribution in [1.82, 2.24) is 20.2 Å². The quantitative estimate of drug-likeness (QED) is 0.900. The molecule has 27 heavy (non-hydrogen) atoms. The minimum absolute atomic E-state index is 0.252. The van der Waals surface area contributed by atoms with E-state index in [-0.39, 0.29) is 5.91 Å². The standard InChI is InChI=1S/C21H27N5O/c1-15-22-9-6-20(23-15)16-4-3-5-19(12-16)26-10-7-17(8-11-26)24-18-13-21(27)25(2)14-18/h3-6,9,12,17-18,24H,7-8,10-11,13-14H2,1-2H3/t18-/m1/s1. The first-order valence-electron chi connectivity index (χ1n) is 9.73. The molecule has 2 aromatic rings. The summed E-state index contributed by atoms with van der Waals surface area (Å²) in [6, 6.07) is 11.4. The number of aryl methyl sites for hydroxylation is 1. The van der Waals surface area contributed by atoms with E-state index in [1.54, 1.807) is 0 Å². The Balaban J connectivity index is 1.37. The van der Waals surface area contributed by atoms with E-state index in [4.69, 9.17) is 0 Å². The normalized spacial score (nSPS) is 21.1. The molecule has 0 unspecified atom stereocenters. The SMILES string of the molecule is Cc1nccc(-c2cccc(N3CCC(N[C@@H]4CC(=O)N(C)C4)CC3)c2)n1. The van der Waals surface area contributed by atoms with Crippen molar-refractivity contribution in [2.75, 3.05) is 31.6 Å². The minimum Gasteiger partial charge on any atom is -0.371 e. The van der Waals surface area contributed by atoms with Gasteiger partial charge in [0, 0.05) is 62.6 Å². The van der Waals surface area contributed by atoms with Gasteiger partial charge in [-0.2, -0.15) is 0 Å². The molecule has 2 fully saturated rings. The smallest absolute Gasteiger partial charge is 0.224 e. The van der Waals surface area contributed by atoms with Crippen LogP contribution >= 0.6 is 0 Å². The van der Waals surface area contributed by atoms with Crippen LogP contribution in [0.3, 0.4) is 0 Å². The molecule has 1 amide bonds. The molecule has 4 rings (SSSR count). The largest absolute Gasteiger partial charge is 0.371 e. The van der Waals surface area contributed by atoms with Crippen molar-refractivity contribution in [2.45, 2.75) is 38.3 Å². The van der Waals surface area contributed by atoms with Gasteiger partial charge < -0.3 is 15.1 Å². The molecule has 1 aromatic carbocycles. The molecule has 6 nitrogen and oxygen atoms in total. The van der Waals surface area contributed by atoms with Crippen molar-refractivity contribution >= 4 is 11.6 Å². The molecule has 142 valence electrons. The van der Waals surface area contributed by atoms with Gasteiger partial charge in [-0.3, -0.25) is 4.79 Å². The maximum atomic E-state index is 11.7. The van der Waals surface area contributed by atoms with E-state index in [2.05, 4.69) is 44.5 Å². The summed E-state index contributed by atoms with van der Waals surface area (Å²) in [5.41, 5.74) is 3.35. The highest BCUT2D eigenvalue weighted by atomic mass is 16.2. The number of anilines is 1. The predicted molar refractivity (Wildman–Crippen MR) is 107 cm³/mol. The molecule has 1 atom stereocenters. The predicted octanol–water partition coefficient (Wildman–Crippen LogP) is 2.24. The zero-order valence-corrected chi connectivity index (χ0v) is 16.1. The molecule has 1 aromatic heterocycles. The van der Waals surface area contributed by atoms with Crippen molar-refractivity contribution in [1.29, 1.82) is 0 Å². The fourth-order valence-corrected chi connectivity index (χ4v) is 4.09. The van der Waals surface area contributed by atoms with Gasteiger partial charge in [0.2, 0.25) is 5.91 Å². The van der Waals surface area contributed by atoms with Gasteiger partial charge in [0.25, 0.3) is 0 Å². The molecule has 0 aliphatic carbocycles. The van der Waals surface area contributed by atoms with Gasteiger partial charge in [-0.15, -0.1) is 0 Å². The van der Waals surface area contributed by atoms with Gasteiger partial charge in [-0.1, -0.05) is 12.1 Å². The van der Waals surface area contributed by atoms with E-state index < -0.39 is 0 Å². The molecule has 0 radical (unpaired) electrons. The summed E-state index contributed by atoms with van der Waals surface area (Å²) >= 11 is 0. The summed E-state index contributed by atoms with van der Waals surface area (Å²) in [6.45, 7) is 4.81. The third-order valence-electron chi connectivity index (χ3n) is 5.59. The number of likely N-dealkylation sites (N-methyl/N-ethyl adjacent to an activating group) is 1. The molecule has 0 spiro atoms. The fraction of sp³-hybridized carbons (Fsp3) is 0.476. The summed E-state index contributed by atoms with van der Waals surface area (Å²) in [7, 11) is 1.89. The second kappa shape index (κ2) is 7.64. The number of likely N-dealkylation sites (tertiary alicyclic amines) is 1. The summed E-state index contributed by atoms with van der Waals surface area (Å²) in [4.78, 5) is 24.7. The number of rotatable bonds is 4. The van der Waals surface area contributed by atoms with Gasteiger partial charge in [0.05, 0.1) is 5.69 Å². The Hall–Kier alpha value is -2.47. The van der Waals surface area contributed by atoms with Crippen LogP contribution in [-0.4, -0.2) is 59.5 Å². The van der Waals surface area contributed by atoms with Crippen LogP contribution in [0, 0.1) is 6.92 Å². The van der Waals surface area contributed by atoms with Crippen molar-refractivity contribution in [3.8, 4) is 11.3 Å². The number of nitrogens with one attached hydrogen (secondary N) is 1. The number of carbonyl (C=O) groups excluding carboxylic acids is 1. The van der Waals surface area contributed by atoms with Crippen LogP contribution in [0.25, 0.3) is 11.3 Å². The van der Waals surface area contributed by atoms with Gasteiger partial charge in [-0.05, 0) is 38.0 Å². The highest BCUT2D eigenvalue weighted by Crippen LogP contribution is 2.26. The Kier molecular flexibility index (Phi) is 5.07. The average molecular weight is 365 g/mol. The molecule has 2 saturated heterocycles. The number of piperidine rings is 1. The number of carbonyl (C=O) groups is 1. The van der Waals surface area contributed by atoms with Crippen LogP contribution in [0.2, 0.25) is 0 Å². The highest BCUT2D eigenvalue weighted by molar-refractivity contribution is 5.78. The summed E-state index contributed by atoms with van der Waals surface area (Å²) in [5, 5.41) is 3.69. The lowest BCUT2D eigenvalue weighted by atomic mass is 10.0. The van der Waals surface area contributed by atoms with E-state index >= 15 is 0 Å². The first kappa shape index (κ1) is 17.9. The van der Waals surface area contributed by atoms with E-state index in [0.29, 0.717) is 18.5 Å². The molecular formula is C21H27N5O. The maximum Gasteiger partial charge on any atom is 0.224 e. The molecule has 6 heteroatoms.